The fourth-order valence-electron chi connectivity index (χ4n) is 2.05. The summed E-state index contributed by atoms with van der Waals surface area (Å²) in [5.41, 5.74) is 1.09. The van der Waals surface area contributed by atoms with Gasteiger partial charge < -0.3 is 5.32 Å². The standard InChI is InChI=1S/C15H15F2N/c1-11-7-3-4-8-12(11)15(16,17)13-9-5-6-10-14(13)18-2/h3-10,18H,1-2H3. The van der Waals surface area contributed by atoms with Crippen LogP contribution in [0.4, 0.5) is 14.5 Å². The van der Waals surface area contributed by atoms with Gasteiger partial charge in [-0.1, -0.05) is 42.5 Å². The van der Waals surface area contributed by atoms with Crippen LogP contribution in [0.5, 0.6) is 0 Å². The minimum Gasteiger partial charge on any atom is -0.388 e. The van der Waals surface area contributed by atoms with Crippen LogP contribution in [0, 0.1) is 6.92 Å². The third-order valence-corrected chi connectivity index (χ3v) is 3.02. The molecule has 0 amide bonds. The van der Waals surface area contributed by atoms with E-state index >= 15 is 0 Å². The van der Waals surface area contributed by atoms with Gasteiger partial charge >= 0.3 is 5.92 Å². The van der Waals surface area contributed by atoms with Crippen molar-refractivity contribution in [1.82, 2.24) is 0 Å². The van der Waals surface area contributed by atoms with Gasteiger partial charge in [-0.25, -0.2) is 0 Å². The van der Waals surface area contributed by atoms with E-state index in [1.165, 1.54) is 12.1 Å². The molecule has 0 aromatic heterocycles. The quantitative estimate of drug-likeness (QED) is 0.858. The molecule has 2 aromatic rings. The van der Waals surface area contributed by atoms with Gasteiger partial charge in [0, 0.05) is 23.9 Å². The highest BCUT2D eigenvalue weighted by atomic mass is 19.3. The third-order valence-electron chi connectivity index (χ3n) is 3.02. The van der Waals surface area contributed by atoms with Gasteiger partial charge in [-0.3, -0.25) is 0 Å². The molecule has 3 heteroatoms. The summed E-state index contributed by atoms with van der Waals surface area (Å²) < 4.78 is 29.1. The number of para-hydroxylation sites is 1. The maximum Gasteiger partial charge on any atom is 0.300 e. The molecule has 2 rings (SSSR count). The van der Waals surface area contributed by atoms with Gasteiger partial charge in [0.05, 0.1) is 0 Å². The van der Waals surface area contributed by atoms with E-state index in [-0.39, 0.29) is 11.1 Å². The summed E-state index contributed by atoms with van der Waals surface area (Å²) in [5, 5.41) is 2.81. The van der Waals surface area contributed by atoms with Gasteiger partial charge in [-0.2, -0.15) is 8.78 Å². The first kappa shape index (κ1) is 12.6. The molecule has 0 heterocycles. The third kappa shape index (κ3) is 2.08. The fourth-order valence-corrected chi connectivity index (χ4v) is 2.05. The van der Waals surface area contributed by atoms with Crippen molar-refractivity contribution >= 4 is 5.69 Å². The second-order valence-electron chi connectivity index (χ2n) is 4.18. The van der Waals surface area contributed by atoms with Crippen molar-refractivity contribution in [3.8, 4) is 0 Å². The second-order valence-corrected chi connectivity index (χ2v) is 4.18. The Kier molecular flexibility index (Phi) is 3.32. The maximum absolute atomic E-state index is 14.6. The average molecular weight is 247 g/mol. The van der Waals surface area contributed by atoms with Crippen LogP contribution < -0.4 is 5.32 Å². The number of nitrogens with one attached hydrogen (secondary N) is 1. The van der Waals surface area contributed by atoms with E-state index in [1.54, 1.807) is 50.4 Å². The highest BCUT2D eigenvalue weighted by Gasteiger charge is 2.36. The molecular formula is C15H15F2N. The highest BCUT2D eigenvalue weighted by Crippen LogP contribution is 2.40. The van der Waals surface area contributed by atoms with Gasteiger partial charge in [0.1, 0.15) is 0 Å². The predicted molar refractivity (Wildman–Crippen MR) is 70.2 cm³/mol. The van der Waals surface area contributed by atoms with Gasteiger partial charge in [0.2, 0.25) is 0 Å². The molecule has 94 valence electrons. The van der Waals surface area contributed by atoms with E-state index in [1.807, 2.05) is 0 Å². The normalized spacial score (nSPS) is 11.3. The summed E-state index contributed by atoms with van der Waals surface area (Å²) in [5.74, 6) is -3.00. The zero-order valence-corrected chi connectivity index (χ0v) is 10.4. The number of hydrogen-bond acceptors (Lipinski definition) is 1. The molecule has 0 radical (unpaired) electrons. The predicted octanol–water partition coefficient (Wildman–Crippen LogP) is 4.18. The first-order valence-corrected chi connectivity index (χ1v) is 5.78. The van der Waals surface area contributed by atoms with Crippen molar-refractivity contribution in [1.29, 1.82) is 0 Å². The van der Waals surface area contributed by atoms with E-state index in [4.69, 9.17) is 0 Å². The van der Waals surface area contributed by atoms with Crippen LogP contribution >= 0.6 is 0 Å². The lowest BCUT2D eigenvalue weighted by atomic mass is 9.95. The van der Waals surface area contributed by atoms with Gasteiger partial charge in [-0.05, 0) is 18.6 Å². The first-order chi connectivity index (χ1) is 8.57. The smallest absolute Gasteiger partial charge is 0.300 e. The molecule has 0 aliphatic heterocycles. The summed E-state index contributed by atoms with van der Waals surface area (Å²) in [7, 11) is 1.65. The van der Waals surface area contributed by atoms with E-state index < -0.39 is 5.92 Å². The summed E-state index contributed by atoms with van der Waals surface area (Å²) in [6.45, 7) is 1.70. The molecule has 0 atom stereocenters. The Labute approximate surface area is 105 Å². The fraction of sp³-hybridized carbons (Fsp3) is 0.200. The number of alkyl halides is 2. The zero-order chi connectivity index (χ0) is 13.2. The van der Waals surface area contributed by atoms with Gasteiger partial charge in [0.15, 0.2) is 0 Å². The van der Waals surface area contributed by atoms with Crippen LogP contribution in [0.3, 0.4) is 0 Å². The van der Waals surface area contributed by atoms with Crippen LogP contribution in [0.1, 0.15) is 16.7 Å². The molecule has 0 aliphatic carbocycles. The molecule has 1 nitrogen and oxygen atoms in total. The molecule has 0 aliphatic rings. The Morgan fingerprint density at radius 3 is 2.06 bits per heavy atom. The summed E-state index contributed by atoms with van der Waals surface area (Å²) in [6, 6.07) is 13.1. The minimum absolute atomic E-state index is 0.00167. The molecule has 0 saturated carbocycles. The Morgan fingerprint density at radius 2 is 1.44 bits per heavy atom. The molecular weight excluding hydrogens is 232 g/mol. The van der Waals surface area contributed by atoms with Crippen LogP contribution in [-0.4, -0.2) is 7.05 Å². The van der Waals surface area contributed by atoms with Crippen LogP contribution in [0.25, 0.3) is 0 Å². The monoisotopic (exact) mass is 247 g/mol. The zero-order valence-electron chi connectivity index (χ0n) is 10.4. The summed E-state index contributed by atoms with van der Waals surface area (Å²) in [4.78, 5) is 0. The molecule has 0 spiro atoms. The number of hydrogen-bond donors (Lipinski definition) is 1. The number of aryl methyl sites for hydroxylation is 1. The van der Waals surface area contributed by atoms with Crippen molar-refractivity contribution in [2.45, 2.75) is 12.8 Å². The lowest BCUT2D eigenvalue weighted by Crippen LogP contribution is -2.18. The van der Waals surface area contributed by atoms with Gasteiger partial charge in [0.25, 0.3) is 0 Å². The molecule has 0 saturated heterocycles. The van der Waals surface area contributed by atoms with Crippen molar-refractivity contribution in [2.75, 3.05) is 12.4 Å². The van der Waals surface area contributed by atoms with E-state index in [2.05, 4.69) is 5.32 Å². The second kappa shape index (κ2) is 4.77. The molecule has 0 unspecified atom stereocenters. The molecule has 2 aromatic carbocycles. The van der Waals surface area contributed by atoms with Crippen molar-refractivity contribution < 1.29 is 8.78 Å². The maximum atomic E-state index is 14.6. The van der Waals surface area contributed by atoms with Crippen molar-refractivity contribution in [3.63, 3.8) is 0 Å². The lowest BCUT2D eigenvalue weighted by molar-refractivity contribution is 0.0429. The van der Waals surface area contributed by atoms with Crippen molar-refractivity contribution in [3.05, 3.63) is 65.2 Å². The van der Waals surface area contributed by atoms with Gasteiger partial charge in [-0.15, -0.1) is 0 Å². The number of rotatable bonds is 3. The molecule has 0 bridgehead atoms. The number of benzene rings is 2. The van der Waals surface area contributed by atoms with E-state index in [0.29, 0.717) is 11.3 Å². The van der Waals surface area contributed by atoms with Crippen molar-refractivity contribution in [2.24, 2.45) is 0 Å². The minimum atomic E-state index is -3.00. The summed E-state index contributed by atoms with van der Waals surface area (Å²) in [6.07, 6.45) is 0. The van der Waals surface area contributed by atoms with Crippen LogP contribution in [0.15, 0.2) is 48.5 Å². The number of anilines is 1. The Morgan fingerprint density at radius 1 is 0.889 bits per heavy atom. The van der Waals surface area contributed by atoms with E-state index in [9.17, 15) is 8.78 Å². The molecule has 1 N–H and O–H groups in total. The van der Waals surface area contributed by atoms with Crippen LogP contribution in [-0.2, 0) is 5.92 Å². The highest BCUT2D eigenvalue weighted by molar-refractivity contribution is 5.56. The molecule has 18 heavy (non-hydrogen) atoms. The summed E-state index contributed by atoms with van der Waals surface area (Å²) >= 11 is 0. The Bertz CT molecular complexity index is 550. The largest absolute Gasteiger partial charge is 0.388 e. The Balaban J connectivity index is 2.58. The average Bonchev–Trinajstić information content (AvgIpc) is 2.39. The SMILES string of the molecule is CNc1ccccc1C(F)(F)c1ccccc1C. The molecule has 0 fully saturated rings. The first-order valence-electron chi connectivity index (χ1n) is 5.78. The Hall–Kier alpha value is -1.90. The van der Waals surface area contributed by atoms with E-state index in [0.717, 1.165) is 0 Å². The topological polar surface area (TPSA) is 12.0 Å². The van der Waals surface area contributed by atoms with Crippen LogP contribution in [0.2, 0.25) is 0 Å². The lowest BCUT2D eigenvalue weighted by Gasteiger charge is -2.21. The number of halogens is 2.